The fraction of sp³-hybridized carbons (Fsp3) is 0.323. The van der Waals surface area contributed by atoms with Crippen LogP contribution in [0.5, 0.6) is 0 Å². The predicted molar refractivity (Wildman–Crippen MR) is 164 cm³/mol. The van der Waals surface area contributed by atoms with Gasteiger partial charge < -0.3 is 9.74 Å². The molecule has 1 aliphatic rings. The third-order valence-corrected chi connectivity index (χ3v) is 6.72. The van der Waals surface area contributed by atoms with Crippen LogP contribution in [0.2, 0.25) is 5.15 Å². The number of nitrogens with zero attached hydrogens (tertiary/aromatic N) is 5. The number of nitro groups is 1. The van der Waals surface area contributed by atoms with E-state index in [1.54, 1.807) is 19.2 Å². The van der Waals surface area contributed by atoms with Gasteiger partial charge in [-0.3, -0.25) is 25.4 Å². The van der Waals surface area contributed by atoms with Gasteiger partial charge >= 0.3 is 5.70 Å². The van der Waals surface area contributed by atoms with Crippen LogP contribution in [0.25, 0.3) is 0 Å². The number of pyridine rings is 1. The second kappa shape index (κ2) is 14.1. The van der Waals surface area contributed by atoms with E-state index in [4.69, 9.17) is 21.3 Å². The Labute approximate surface area is 250 Å². The molecule has 42 heavy (non-hydrogen) atoms. The number of oxime groups is 1. The number of allylic oxidation sites excluding steroid dienone is 1. The Balaban J connectivity index is 1.63. The van der Waals surface area contributed by atoms with Gasteiger partial charge in [-0.25, -0.2) is 4.98 Å². The summed E-state index contributed by atoms with van der Waals surface area (Å²) in [6.45, 7) is 11.4. The highest BCUT2D eigenvalue weighted by Crippen LogP contribution is 2.20. The first-order valence-corrected chi connectivity index (χ1v) is 13.9. The summed E-state index contributed by atoms with van der Waals surface area (Å²) in [7, 11) is 0. The molecule has 1 aromatic heterocycles. The van der Waals surface area contributed by atoms with Crippen LogP contribution in [0, 0.1) is 37.8 Å². The van der Waals surface area contributed by atoms with Crippen molar-refractivity contribution in [1.82, 2.24) is 15.4 Å². The molecule has 3 aromatic rings. The molecular weight excluding hydrogens is 556 g/mol. The van der Waals surface area contributed by atoms with E-state index in [-0.39, 0.29) is 36.2 Å². The second-order valence-electron chi connectivity index (χ2n) is 10.4. The van der Waals surface area contributed by atoms with Crippen LogP contribution in [0.3, 0.4) is 0 Å². The first kappa shape index (κ1) is 30.7. The molecule has 0 aliphatic carbocycles. The van der Waals surface area contributed by atoms with Gasteiger partial charge in [0.1, 0.15) is 17.5 Å². The maximum absolute atomic E-state index is 12.6. The number of benzene rings is 2. The number of hydrogen-bond acceptors (Lipinski definition) is 9. The largest absolute Gasteiger partial charge is 0.391 e. The Morgan fingerprint density at radius 1 is 1.00 bits per heavy atom. The van der Waals surface area contributed by atoms with Gasteiger partial charge in [-0.05, 0) is 57.4 Å². The van der Waals surface area contributed by atoms with Crippen molar-refractivity contribution in [3.63, 3.8) is 0 Å². The minimum atomic E-state index is -0.470. The van der Waals surface area contributed by atoms with Crippen molar-refractivity contribution in [2.75, 3.05) is 13.1 Å². The topological polar surface area (TPSA) is 114 Å². The maximum Gasteiger partial charge on any atom is 0.338 e. The first-order valence-electron chi connectivity index (χ1n) is 13.6. The summed E-state index contributed by atoms with van der Waals surface area (Å²) in [5, 5.41) is 17.2. The van der Waals surface area contributed by atoms with E-state index in [0.717, 1.165) is 38.9 Å². The predicted octanol–water partition coefficient (Wildman–Crippen LogP) is 5.99. The highest BCUT2D eigenvalue weighted by atomic mass is 35.5. The fourth-order valence-corrected chi connectivity index (χ4v) is 5.02. The number of hydrogen-bond donors (Lipinski definition) is 1. The van der Waals surface area contributed by atoms with Crippen LogP contribution >= 0.6 is 11.6 Å². The highest BCUT2D eigenvalue weighted by Gasteiger charge is 2.34. The van der Waals surface area contributed by atoms with Gasteiger partial charge in [0.15, 0.2) is 5.70 Å². The number of nitrogens with one attached hydrogen (secondary N) is 1. The SMILES string of the molecule is CC(=N\OCc1cc(C)cc(C)c1)/C(NOCc1cc(C)cc(C)c1)=C(/C1=NCCN1Cc1ccc(Cl)nc1)[N+](=O)[O-]. The van der Waals surface area contributed by atoms with Gasteiger partial charge in [0.05, 0.1) is 18.1 Å². The molecule has 10 nitrogen and oxygen atoms in total. The number of amidine groups is 1. The Morgan fingerprint density at radius 2 is 1.62 bits per heavy atom. The summed E-state index contributed by atoms with van der Waals surface area (Å²) in [6.07, 6.45) is 1.65. The van der Waals surface area contributed by atoms with Gasteiger partial charge in [0, 0.05) is 19.3 Å². The quantitative estimate of drug-likeness (QED) is 0.119. The molecule has 0 amide bonds. The molecule has 0 atom stereocenters. The molecule has 1 N–H and O–H groups in total. The van der Waals surface area contributed by atoms with E-state index in [2.05, 4.69) is 32.7 Å². The van der Waals surface area contributed by atoms with Gasteiger partial charge in [0.2, 0.25) is 5.84 Å². The van der Waals surface area contributed by atoms with E-state index in [9.17, 15) is 10.1 Å². The minimum Gasteiger partial charge on any atom is -0.391 e. The summed E-state index contributed by atoms with van der Waals surface area (Å²) in [5.74, 6) is 0.219. The molecule has 220 valence electrons. The van der Waals surface area contributed by atoms with E-state index < -0.39 is 4.92 Å². The molecular formula is C31H35ClN6O4. The van der Waals surface area contributed by atoms with E-state index >= 15 is 0 Å². The fourth-order valence-electron chi connectivity index (χ4n) is 4.91. The van der Waals surface area contributed by atoms with Crippen molar-refractivity contribution in [2.45, 2.75) is 54.4 Å². The van der Waals surface area contributed by atoms with E-state index in [1.807, 2.05) is 62.9 Å². The van der Waals surface area contributed by atoms with Crippen LogP contribution in [0.1, 0.15) is 45.9 Å². The van der Waals surface area contributed by atoms with Crippen LogP contribution < -0.4 is 5.48 Å². The molecule has 0 fully saturated rings. The van der Waals surface area contributed by atoms with Gasteiger partial charge in [-0.2, -0.15) is 0 Å². The number of aromatic nitrogens is 1. The summed E-state index contributed by atoms with van der Waals surface area (Å²) < 4.78 is 0. The van der Waals surface area contributed by atoms with Gasteiger partial charge in [-0.1, -0.05) is 81.5 Å². The average Bonchev–Trinajstić information content (AvgIpc) is 3.35. The molecule has 0 unspecified atom stereocenters. The van der Waals surface area contributed by atoms with E-state index in [0.29, 0.717) is 24.8 Å². The lowest BCUT2D eigenvalue weighted by Crippen LogP contribution is -2.35. The molecule has 0 bridgehead atoms. The summed E-state index contributed by atoms with van der Waals surface area (Å²) in [4.78, 5) is 34.0. The Hall–Kier alpha value is -4.28. The summed E-state index contributed by atoms with van der Waals surface area (Å²) in [5.41, 5.74) is 10.0. The summed E-state index contributed by atoms with van der Waals surface area (Å²) >= 11 is 5.94. The van der Waals surface area contributed by atoms with Gasteiger partial charge in [0.25, 0.3) is 0 Å². The standard InChI is InChI=1S/C31H35ClN6O4/c1-20-10-21(2)13-26(12-20)18-41-35-24(5)29(36-42-19-27-14-22(3)11-23(4)15-27)30(38(39)40)31-33-8-9-37(31)17-25-6-7-28(32)34-16-25/h6-7,10-16,36H,8-9,17-19H2,1-5H3/b30-29+,35-24+. The Kier molecular flexibility index (Phi) is 10.3. The lowest BCUT2D eigenvalue weighted by atomic mass is 10.1. The molecule has 4 rings (SSSR count). The summed E-state index contributed by atoms with van der Waals surface area (Å²) in [6, 6.07) is 15.7. The minimum absolute atomic E-state index is 0.0599. The Bertz CT molecular complexity index is 1490. The zero-order valence-electron chi connectivity index (χ0n) is 24.5. The first-order chi connectivity index (χ1) is 20.1. The van der Waals surface area contributed by atoms with Crippen LogP contribution in [-0.2, 0) is 29.4 Å². The molecule has 0 spiro atoms. The second-order valence-corrected chi connectivity index (χ2v) is 10.8. The van der Waals surface area contributed by atoms with E-state index in [1.165, 1.54) is 0 Å². The van der Waals surface area contributed by atoms with Crippen molar-refractivity contribution in [3.8, 4) is 0 Å². The van der Waals surface area contributed by atoms with Crippen LogP contribution in [-0.4, -0.2) is 39.4 Å². The van der Waals surface area contributed by atoms with Crippen molar-refractivity contribution in [1.29, 1.82) is 0 Å². The highest BCUT2D eigenvalue weighted by molar-refractivity contribution is 6.29. The van der Waals surface area contributed by atoms with Crippen molar-refractivity contribution >= 4 is 23.1 Å². The normalized spacial score (nSPS) is 14.0. The Morgan fingerprint density at radius 3 is 2.19 bits per heavy atom. The van der Waals surface area contributed by atoms with Gasteiger partial charge in [-0.15, -0.1) is 0 Å². The molecule has 1 aliphatic heterocycles. The van der Waals surface area contributed by atoms with Crippen molar-refractivity contribution in [3.05, 3.63) is 120 Å². The monoisotopic (exact) mass is 590 g/mol. The maximum atomic E-state index is 12.6. The molecule has 11 heteroatoms. The average molecular weight is 591 g/mol. The smallest absolute Gasteiger partial charge is 0.338 e. The third kappa shape index (κ3) is 8.37. The molecule has 0 saturated heterocycles. The van der Waals surface area contributed by atoms with Crippen LogP contribution in [0.4, 0.5) is 0 Å². The molecule has 0 radical (unpaired) electrons. The van der Waals surface area contributed by atoms with Crippen molar-refractivity contribution in [2.24, 2.45) is 10.1 Å². The van der Waals surface area contributed by atoms with Crippen molar-refractivity contribution < 1.29 is 14.6 Å². The zero-order valence-corrected chi connectivity index (χ0v) is 25.2. The number of halogens is 1. The number of rotatable bonds is 12. The third-order valence-electron chi connectivity index (χ3n) is 6.49. The van der Waals surface area contributed by atoms with Crippen LogP contribution in [0.15, 0.2) is 76.3 Å². The molecule has 0 saturated carbocycles. The number of hydroxylamine groups is 1. The number of aryl methyl sites for hydroxylation is 4. The zero-order chi connectivity index (χ0) is 30.2. The lowest BCUT2D eigenvalue weighted by molar-refractivity contribution is -0.417. The lowest BCUT2D eigenvalue weighted by Gasteiger charge is -2.20. The number of aliphatic imine (C=N–C) groups is 1. The molecule has 2 aromatic carbocycles. The molecule has 2 heterocycles.